The molecule has 0 fully saturated rings. The summed E-state index contributed by atoms with van der Waals surface area (Å²) in [5.74, 6) is 7.35. The Labute approximate surface area is 119 Å². The van der Waals surface area contributed by atoms with Crippen molar-refractivity contribution in [1.82, 2.24) is 9.97 Å². The summed E-state index contributed by atoms with van der Waals surface area (Å²) in [6.45, 7) is 1.98. The van der Waals surface area contributed by atoms with Crippen LogP contribution in [0.5, 0.6) is 5.75 Å². The Hall–Kier alpha value is -1.86. The van der Waals surface area contributed by atoms with E-state index in [0.717, 1.165) is 17.0 Å². The van der Waals surface area contributed by atoms with Crippen LogP contribution in [0, 0.1) is 6.92 Å². The van der Waals surface area contributed by atoms with Gasteiger partial charge >= 0.3 is 0 Å². The lowest BCUT2D eigenvalue weighted by molar-refractivity contribution is 0.412. The minimum atomic E-state index is 0.516. The molecule has 6 nitrogen and oxygen atoms in total. The molecule has 0 saturated heterocycles. The number of nitrogens with two attached hydrogens (primary N) is 1. The van der Waals surface area contributed by atoms with E-state index in [1.807, 2.05) is 25.1 Å². The zero-order chi connectivity index (χ0) is 13.8. The molecule has 0 radical (unpaired) electrons. The SMILES string of the molecule is COc1ccc(Nc2ncnc(NN)c2Br)cc1C. The summed E-state index contributed by atoms with van der Waals surface area (Å²) >= 11 is 3.39. The summed E-state index contributed by atoms with van der Waals surface area (Å²) in [5.41, 5.74) is 4.43. The quantitative estimate of drug-likeness (QED) is 0.592. The molecule has 1 aromatic heterocycles. The van der Waals surface area contributed by atoms with Crippen molar-refractivity contribution in [3.63, 3.8) is 0 Å². The first-order valence-electron chi connectivity index (χ1n) is 5.54. The Morgan fingerprint density at radius 3 is 2.63 bits per heavy atom. The summed E-state index contributed by atoms with van der Waals surface area (Å²) in [7, 11) is 1.65. The molecule has 0 aliphatic rings. The lowest BCUT2D eigenvalue weighted by Crippen LogP contribution is -2.10. The number of rotatable bonds is 4. The molecule has 0 amide bonds. The second-order valence-corrected chi connectivity index (χ2v) is 4.63. The van der Waals surface area contributed by atoms with Crippen LogP contribution in [-0.2, 0) is 0 Å². The fourth-order valence-electron chi connectivity index (χ4n) is 1.65. The maximum Gasteiger partial charge on any atom is 0.159 e. The fourth-order valence-corrected chi connectivity index (χ4v) is 2.07. The summed E-state index contributed by atoms with van der Waals surface area (Å²) in [6.07, 6.45) is 1.43. The van der Waals surface area contributed by atoms with Crippen LogP contribution in [0.4, 0.5) is 17.3 Å². The standard InChI is InChI=1S/C12H14BrN5O/c1-7-5-8(3-4-9(7)19-2)17-11-10(13)12(18-14)16-6-15-11/h3-6H,14H2,1-2H3,(H2,15,16,17,18). The van der Waals surface area contributed by atoms with Crippen molar-refractivity contribution in [2.75, 3.05) is 17.9 Å². The minimum Gasteiger partial charge on any atom is -0.496 e. The van der Waals surface area contributed by atoms with Gasteiger partial charge in [0.25, 0.3) is 0 Å². The number of hydrogen-bond donors (Lipinski definition) is 3. The highest BCUT2D eigenvalue weighted by molar-refractivity contribution is 9.10. The first kappa shape index (κ1) is 13.6. The van der Waals surface area contributed by atoms with Gasteiger partial charge in [-0.1, -0.05) is 0 Å². The van der Waals surface area contributed by atoms with Gasteiger partial charge in [-0.05, 0) is 46.6 Å². The minimum absolute atomic E-state index is 0.516. The van der Waals surface area contributed by atoms with E-state index in [9.17, 15) is 0 Å². The van der Waals surface area contributed by atoms with Crippen molar-refractivity contribution in [2.24, 2.45) is 5.84 Å². The number of nitrogens with one attached hydrogen (secondary N) is 2. The lowest BCUT2D eigenvalue weighted by atomic mass is 10.2. The molecular formula is C12H14BrN5O. The van der Waals surface area contributed by atoms with E-state index in [0.29, 0.717) is 16.1 Å². The maximum atomic E-state index is 5.36. The zero-order valence-electron chi connectivity index (χ0n) is 10.6. The van der Waals surface area contributed by atoms with E-state index in [1.54, 1.807) is 7.11 Å². The number of aromatic nitrogens is 2. The number of benzene rings is 1. The highest BCUT2D eigenvalue weighted by Crippen LogP contribution is 2.29. The molecule has 1 aromatic carbocycles. The van der Waals surface area contributed by atoms with E-state index in [-0.39, 0.29) is 0 Å². The van der Waals surface area contributed by atoms with Crippen molar-refractivity contribution in [1.29, 1.82) is 0 Å². The summed E-state index contributed by atoms with van der Waals surface area (Å²) in [4.78, 5) is 8.15. The molecule has 2 aromatic rings. The number of methoxy groups -OCH3 is 1. The Morgan fingerprint density at radius 1 is 1.26 bits per heavy atom. The van der Waals surface area contributed by atoms with Crippen LogP contribution in [0.3, 0.4) is 0 Å². The maximum absolute atomic E-state index is 5.36. The first-order valence-corrected chi connectivity index (χ1v) is 6.33. The van der Waals surface area contributed by atoms with Gasteiger partial charge in [0.2, 0.25) is 0 Å². The van der Waals surface area contributed by atoms with Gasteiger partial charge in [-0.15, -0.1) is 0 Å². The van der Waals surface area contributed by atoms with Crippen LogP contribution >= 0.6 is 15.9 Å². The third kappa shape index (κ3) is 2.94. The molecule has 0 bridgehead atoms. The summed E-state index contributed by atoms with van der Waals surface area (Å²) in [5, 5.41) is 3.19. The Bertz CT molecular complexity index is 590. The van der Waals surface area contributed by atoms with Gasteiger partial charge < -0.3 is 15.5 Å². The normalized spacial score (nSPS) is 10.1. The van der Waals surface area contributed by atoms with Gasteiger partial charge in [0.15, 0.2) is 5.82 Å². The molecule has 0 unspecified atom stereocenters. The smallest absolute Gasteiger partial charge is 0.159 e. The molecule has 100 valence electrons. The molecule has 7 heteroatoms. The van der Waals surface area contributed by atoms with Crippen LogP contribution in [0.2, 0.25) is 0 Å². The second kappa shape index (κ2) is 5.85. The number of ether oxygens (including phenoxy) is 1. The van der Waals surface area contributed by atoms with Gasteiger partial charge in [-0.3, -0.25) is 0 Å². The van der Waals surface area contributed by atoms with Gasteiger partial charge in [0.05, 0.1) is 7.11 Å². The third-order valence-corrected chi connectivity index (χ3v) is 3.33. The average Bonchev–Trinajstić information content (AvgIpc) is 2.41. The molecular weight excluding hydrogens is 310 g/mol. The molecule has 1 heterocycles. The molecule has 0 saturated carbocycles. The lowest BCUT2D eigenvalue weighted by Gasteiger charge is -2.11. The topological polar surface area (TPSA) is 85.1 Å². The van der Waals surface area contributed by atoms with Gasteiger partial charge in [0, 0.05) is 5.69 Å². The number of anilines is 3. The molecule has 0 spiro atoms. The molecule has 0 aliphatic heterocycles. The largest absolute Gasteiger partial charge is 0.496 e. The van der Waals surface area contributed by atoms with Crippen LogP contribution in [-0.4, -0.2) is 17.1 Å². The number of nitrogen functional groups attached to an aromatic ring is 1. The summed E-state index contributed by atoms with van der Waals surface area (Å²) < 4.78 is 5.89. The monoisotopic (exact) mass is 323 g/mol. The van der Waals surface area contributed by atoms with E-state index >= 15 is 0 Å². The Balaban J connectivity index is 2.29. The highest BCUT2D eigenvalue weighted by atomic mass is 79.9. The number of hydrazine groups is 1. The Kier molecular flexibility index (Phi) is 4.18. The van der Waals surface area contributed by atoms with E-state index in [2.05, 4.69) is 36.6 Å². The van der Waals surface area contributed by atoms with Crippen LogP contribution in [0.15, 0.2) is 29.0 Å². The second-order valence-electron chi connectivity index (χ2n) is 3.84. The van der Waals surface area contributed by atoms with E-state index < -0.39 is 0 Å². The van der Waals surface area contributed by atoms with Crippen molar-refractivity contribution >= 4 is 33.3 Å². The molecule has 19 heavy (non-hydrogen) atoms. The molecule has 2 rings (SSSR count). The van der Waals surface area contributed by atoms with Crippen LogP contribution in [0.1, 0.15) is 5.56 Å². The number of aryl methyl sites for hydroxylation is 1. The number of halogens is 1. The van der Waals surface area contributed by atoms with Crippen molar-refractivity contribution in [3.8, 4) is 5.75 Å². The molecule has 4 N–H and O–H groups in total. The Morgan fingerprint density at radius 2 is 2.00 bits per heavy atom. The average molecular weight is 324 g/mol. The fraction of sp³-hybridized carbons (Fsp3) is 0.167. The van der Waals surface area contributed by atoms with Crippen molar-refractivity contribution in [3.05, 3.63) is 34.6 Å². The van der Waals surface area contributed by atoms with E-state index in [1.165, 1.54) is 6.33 Å². The predicted molar refractivity (Wildman–Crippen MR) is 78.6 cm³/mol. The zero-order valence-corrected chi connectivity index (χ0v) is 12.2. The highest BCUT2D eigenvalue weighted by Gasteiger charge is 2.08. The van der Waals surface area contributed by atoms with Crippen molar-refractivity contribution < 1.29 is 4.74 Å². The van der Waals surface area contributed by atoms with Gasteiger partial charge in [0.1, 0.15) is 22.4 Å². The molecule has 0 atom stereocenters. The van der Waals surface area contributed by atoms with Gasteiger partial charge in [-0.25, -0.2) is 15.8 Å². The van der Waals surface area contributed by atoms with Gasteiger partial charge in [-0.2, -0.15) is 0 Å². The number of nitrogens with zero attached hydrogens (tertiary/aromatic N) is 2. The number of hydrogen-bond acceptors (Lipinski definition) is 6. The van der Waals surface area contributed by atoms with E-state index in [4.69, 9.17) is 10.6 Å². The summed E-state index contributed by atoms with van der Waals surface area (Å²) in [6, 6.07) is 5.79. The van der Waals surface area contributed by atoms with Crippen LogP contribution < -0.4 is 21.3 Å². The first-order chi connectivity index (χ1) is 9.15. The van der Waals surface area contributed by atoms with Crippen molar-refractivity contribution in [2.45, 2.75) is 6.92 Å². The molecule has 0 aliphatic carbocycles. The third-order valence-electron chi connectivity index (χ3n) is 2.58. The van der Waals surface area contributed by atoms with Crippen LogP contribution in [0.25, 0.3) is 0 Å². The predicted octanol–water partition coefficient (Wildman–Crippen LogP) is 2.59.